The Balaban J connectivity index is 2.31. The van der Waals surface area contributed by atoms with Crippen LogP contribution in [0.15, 0.2) is 76.5 Å². The molecule has 1 heterocycles. The van der Waals surface area contributed by atoms with Crippen LogP contribution in [-0.2, 0) is 26.4 Å². The highest BCUT2D eigenvalue weighted by molar-refractivity contribution is 7.92. The molecular formula is C25H21NO7S. The number of carbonyl (C=O) groups is 2. The molecule has 0 saturated carbocycles. The smallest absolute Gasteiger partial charge is 0.354 e. The maximum atomic E-state index is 14.0. The molecule has 1 aromatic heterocycles. The minimum atomic E-state index is -4.25. The molecule has 0 unspecified atom stereocenters. The molecule has 0 aliphatic rings. The van der Waals surface area contributed by atoms with Gasteiger partial charge >= 0.3 is 11.9 Å². The zero-order chi connectivity index (χ0) is 24.6. The number of nitrogens with zero attached hydrogens (tertiary/aromatic N) is 1. The first kappa shape index (κ1) is 23.1. The van der Waals surface area contributed by atoms with Crippen molar-refractivity contribution in [2.24, 2.45) is 7.05 Å². The Morgan fingerprint density at radius 3 is 2.00 bits per heavy atom. The number of sulfone groups is 1. The Hall–Kier alpha value is -4.11. The minimum absolute atomic E-state index is 0.00154. The molecule has 4 rings (SSSR count). The number of rotatable bonds is 5. The maximum Gasteiger partial charge on any atom is 0.354 e. The summed E-state index contributed by atoms with van der Waals surface area (Å²) in [5.74, 6) is -2.17. The molecule has 1 N–H and O–H groups in total. The van der Waals surface area contributed by atoms with E-state index in [9.17, 15) is 23.1 Å². The lowest BCUT2D eigenvalue weighted by molar-refractivity contribution is 0.0585. The van der Waals surface area contributed by atoms with Crippen molar-refractivity contribution < 1.29 is 32.6 Å². The van der Waals surface area contributed by atoms with Gasteiger partial charge in [0.1, 0.15) is 11.3 Å². The number of fused-ring (bicyclic) bond motifs is 1. The van der Waals surface area contributed by atoms with E-state index < -0.39 is 27.5 Å². The first-order chi connectivity index (χ1) is 16.2. The number of esters is 2. The Labute approximate surface area is 195 Å². The predicted molar refractivity (Wildman–Crippen MR) is 125 cm³/mol. The molecule has 8 nitrogen and oxygen atoms in total. The first-order valence-electron chi connectivity index (χ1n) is 10.1. The number of aromatic hydroxyl groups is 1. The van der Waals surface area contributed by atoms with Crippen molar-refractivity contribution in [2.45, 2.75) is 9.79 Å². The van der Waals surface area contributed by atoms with Crippen LogP contribution in [0.3, 0.4) is 0 Å². The maximum absolute atomic E-state index is 14.0. The summed E-state index contributed by atoms with van der Waals surface area (Å²) in [6.45, 7) is 0. The number of ether oxygens (including phenoxy) is 2. The highest BCUT2D eigenvalue weighted by atomic mass is 32.2. The number of phenolic OH excluding ortho intramolecular Hbond substituents is 1. The molecule has 0 saturated heterocycles. The summed E-state index contributed by atoms with van der Waals surface area (Å²) in [6, 6.07) is 17.4. The van der Waals surface area contributed by atoms with Gasteiger partial charge in [0, 0.05) is 18.0 Å². The van der Waals surface area contributed by atoms with Crippen LogP contribution in [0, 0.1) is 0 Å². The second kappa shape index (κ2) is 8.68. The molecule has 0 fully saturated rings. The number of phenols is 1. The van der Waals surface area contributed by atoms with Gasteiger partial charge < -0.3 is 19.1 Å². The third kappa shape index (κ3) is 3.50. The largest absolute Gasteiger partial charge is 0.505 e. The summed E-state index contributed by atoms with van der Waals surface area (Å²) < 4.78 is 39.1. The third-order valence-electron chi connectivity index (χ3n) is 5.58. The number of aryl methyl sites for hydroxylation is 1. The van der Waals surface area contributed by atoms with Gasteiger partial charge in [-0.2, -0.15) is 0 Å². The monoisotopic (exact) mass is 479 g/mol. The van der Waals surface area contributed by atoms with Crippen LogP contribution in [-0.4, -0.2) is 44.2 Å². The van der Waals surface area contributed by atoms with Gasteiger partial charge in [-0.05, 0) is 23.8 Å². The minimum Gasteiger partial charge on any atom is -0.505 e. The Bertz CT molecular complexity index is 1520. The summed E-state index contributed by atoms with van der Waals surface area (Å²) in [4.78, 5) is 25.1. The van der Waals surface area contributed by atoms with Gasteiger partial charge in [0.25, 0.3) is 0 Å². The molecule has 3 aromatic carbocycles. The Kier molecular flexibility index (Phi) is 5.89. The van der Waals surface area contributed by atoms with Crippen LogP contribution in [0.4, 0.5) is 0 Å². The predicted octanol–water partition coefficient (Wildman–Crippen LogP) is 3.96. The van der Waals surface area contributed by atoms with E-state index in [1.165, 1.54) is 36.9 Å². The van der Waals surface area contributed by atoms with E-state index in [1.54, 1.807) is 48.5 Å². The fourth-order valence-electron chi connectivity index (χ4n) is 4.03. The van der Waals surface area contributed by atoms with Crippen LogP contribution in [0.1, 0.15) is 20.8 Å². The second-order valence-electron chi connectivity index (χ2n) is 7.44. The fourth-order valence-corrected chi connectivity index (χ4v) is 5.71. The van der Waals surface area contributed by atoms with Crippen molar-refractivity contribution in [1.29, 1.82) is 0 Å². The fraction of sp³-hybridized carbons (Fsp3) is 0.120. The van der Waals surface area contributed by atoms with Crippen molar-refractivity contribution in [3.8, 4) is 16.9 Å². The number of benzene rings is 3. The highest BCUT2D eigenvalue weighted by Gasteiger charge is 2.35. The van der Waals surface area contributed by atoms with E-state index in [-0.39, 0.29) is 37.5 Å². The number of carbonyl (C=O) groups excluding carboxylic acids is 2. The Morgan fingerprint density at radius 1 is 0.882 bits per heavy atom. The van der Waals surface area contributed by atoms with Gasteiger partial charge in [-0.3, -0.25) is 0 Å². The van der Waals surface area contributed by atoms with Crippen LogP contribution in [0.25, 0.3) is 22.0 Å². The molecule has 0 aliphatic carbocycles. The summed E-state index contributed by atoms with van der Waals surface area (Å²) in [5, 5.41) is 11.3. The molecule has 34 heavy (non-hydrogen) atoms. The number of methoxy groups -OCH3 is 2. The van der Waals surface area contributed by atoms with E-state index >= 15 is 0 Å². The average molecular weight is 480 g/mol. The number of aromatic nitrogens is 1. The van der Waals surface area contributed by atoms with Crippen LogP contribution >= 0.6 is 0 Å². The van der Waals surface area contributed by atoms with Crippen molar-refractivity contribution >= 4 is 32.7 Å². The molecule has 0 amide bonds. The lowest BCUT2D eigenvalue weighted by atomic mass is 9.96. The molecule has 4 aromatic rings. The summed E-state index contributed by atoms with van der Waals surface area (Å²) >= 11 is 0. The molecule has 0 atom stereocenters. The van der Waals surface area contributed by atoms with Gasteiger partial charge in [-0.15, -0.1) is 0 Å². The van der Waals surface area contributed by atoms with E-state index in [0.717, 1.165) is 7.11 Å². The Morgan fingerprint density at radius 2 is 1.44 bits per heavy atom. The van der Waals surface area contributed by atoms with Gasteiger partial charge in [0.05, 0.1) is 29.5 Å². The summed E-state index contributed by atoms with van der Waals surface area (Å²) in [6.07, 6.45) is 0. The van der Waals surface area contributed by atoms with Crippen LogP contribution in [0.2, 0.25) is 0 Å². The van der Waals surface area contributed by atoms with Gasteiger partial charge in [0.2, 0.25) is 9.84 Å². The molecule has 0 aliphatic heterocycles. The van der Waals surface area contributed by atoms with Gasteiger partial charge in [0.15, 0.2) is 5.75 Å². The van der Waals surface area contributed by atoms with Gasteiger partial charge in [-0.1, -0.05) is 48.5 Å². The van der Waals surface area contributed by atoms with Gasteiger partial charge in [-0.25, -0.2) is 18.0 Å². The van der Waals surface area contributed by atoms with Crippen molar-refractivity contribution in [3.05, 3.63) is 78.0 Å². The molecule has 0 radical (unpaired) electrons. The molecular weight excluding hydrogens is 458 g/mol. The van der Waals surface area contributed by atoms with Crippen molar-refractivity contribution in [2.75, 3.05) is 14.2 Å². The molecule has 0 spiro atoms. The summed E-state index contributed by atoms with van der Waals surface area (Å²) in [7, 11) is -0.450. The SMILES string of the molecule is COC(=O)c1c(-c2ccccc2)c(S(=O)(=O)c2ccccc2)c2cc(C(=O)OC)n(C)c2c1O. The van der Waals surface area contributed by atoms with Crippen LogP contribution in [0.5, 0.6) is 5.75 Å². The second-order valence-corrected chi connectivity index (χ2v) is 9.33. The van der Waals surface area contributed by atoms with Crippen molar-refractivity contribution in [1.82, 2.24) is 4.57 Å². The normalized spacial score (nSPS) is 11.4. The quantitative estimate of drug-likeness (QED) is 0.431. The zero-order valence-electron chi connectivity index (χ0n) is 18.6. The molecule has 174 valence electrons. The number of hydrogen-bond donors (Lipinski definition) is 1. The van der Waals surface area contributed by atoms with E-state index in [2.05, 4.69) is 0 Å². The first-order valence-corrected chi connectivity index (χ1v) is 11.6. The van der Waals surface area contributed by atoms with Crippen molar-refractivity contribution in [3.63, 3.8) is 0 Å². The third-order valence-corrected chi connectivity index (χ3v) is 7.44. The van der Waals surface area contributed by atoms with E-state index in [0.29, 0.717) is 5.56 Å². The lowest BCUT2D eigenvalue weighted by Gasteiger charge is -2.18. The zero-order valence-corrected chi connectivity index (χ0v) is 19.4. The lowest BCUT2D eigenvalue weighted by Crippen LogP contribution is -2.12. The van der Waals surface area contributed by atoms with E-state index in [1.807, 2.05) is 0 Å². The molecule has 9 heteroatoms. The van der Waals surface area contributed by atoms with Crippen LogP contribution < -0.4 is 0 Å². The standard InChI is InChI=1S/C25H21NO7S/c1-26-18(24(28)32-2)14-17-21(26)22(27)20(25(29)33-3)19(15-10-6-4-7-11-15)23(17)34(30,31)16-12-8-5-9-13-16/h4-14,27H,1-3H3. The van der Waals surface area contributed by atoms with E-state index in [4.69, 9.17) is 9.47 Å². The highest BCUT2D eigenvalue weighted by Crippen LogP contribution is 2.46. The summed E-state index contributed by atoms with van der Waals surface area (Å²) in [5.41, 5.74) is 0.00282. The molecule has 0 bridgehead atoms. The number of hydrogen-bond acceptors (Lipinski definition) is 7. The average Bonchev–Trinajstić information content (AvgIpc) is 3.20. The topological polar surface area (TPSA) is 112 Å².